The zero-order valence-electron chi connectivity index (χ0n) is 13.3. The van der Waals surface area contributed by atoms with Crippen LogP contribution in [0.4, 0.5) is 0 Å². The summed E-state index contributed by atoms with van der Waals surface area (Å²) in [7, 11) is 0. The first-order valence-corrected chi connectivity index (χ1v) is 7.97. The summed E-state index contributed by atoms with van der Waals surface area (Å²) in [5.74, 6) is 0.213. The Morgan fingerprint density at radius 1 is 1.13 bits per heavy atom. The van der Waals surface area contributed by atoms with Gasteiger partial charge in [0, 0.05) is 0 Å². The third kappa shape index (κ3) is 3.60. The van der Waals surface area contributed by atoms with Crippen molar-refractivity contribution < 1.29 is 4.79 Å². The summed E-state index contributed by atoms with van der Waals surface area (Å²) in [6.07, 6.45) is 2.35. The molecule has 0 aliphatic heterocycles. The monoisotopic (exact) mass is 304 g/mol. The molecule has 1 aliphatic rings. The van der Waals surface area contributed by atoms with E-state index in [1.807, 2.05) is 49.4 Å². The molecule has 1 atom stereocenters. The lowest BCUT2D eigenvalue weighted by Gasteiger charge is -2.22. The topological polar surface area (TPSA) is 52.9 Å². The molecule has 1 amide bonds. The van der Waals surface area contributed by atoms with Gasteiger partial charge in [0.25, 0.3) is 0 Å². The van der Waals surface area contributed by atoms with E-state index < -0.39 is 5.54 Å². The number of amides is 1. The minimum absolute atomic E-state index is 0.0894. The third-order valence-electron chi connectivity index (χ3n) is 4.45. The minimum atomic E-state index is -0.721. The summed E-state index contributed by atoms with van der Waals surface area (Å²) in [5.41, 5.74) is 2.53. The van der Waals surface area contributed by atoms with Crippen molar-refractivity contribution in [2.45, 2.75) is 31.7 Å². The van der Waals surface area contributed by atoms with Gasteiger partial charge in [0.15, 0.2) is 0 Å². The van der Waals surface area contributed by atoms with E-state index in [0.717, 1.165) is 29.5 Å². The van der Waals surface area contributed by atoms with Gasteiger partial charge in [0.1, 0.15) is 5.54 Å². The van der Waals surface area contributed by atoms with Crippen molar-refractivity contribution in [1.82, 2.24) is 5.32 Å². The van der Waals surface area contributed by atoms with E-state index in [2.05, 4.69) is 23.5 Å². The fourth-order valence-corrected chi connectivity index (χ4v) is 2.85. The number of nitrogens with one attached hydrogen (secondary N) is 1. The molecule has 23 heavy (non-hydrogen) atoms. The number of carbonyl (C=O) groups excluding carboxylic acids is 1. The molecule has 2 aromatic carbocycles. The highest BCUT2D eigenvalue weighted by Gasteiger charge is 2.42. The highest BCUT2D eigenvalue weighted by molar-refractivity contribution is 5.80. The SMILES string of the molecule is CC(C#N)(NC(=O)Cc1ccc(-c2ccccc2)cc1)C1CC1. The van der Waals surface area contributed by atoms with Gasteiger partial charge in [-0.15, -0.1) is 0 Å². The molecule has 3 rings (SSSR count). The fourth-order valence-electron chi connectivity index (χ4n) is 2.85. The van der Waals surface area contributed by atoms with Gasteiger partial charge < -0.3 is 5.32 Å². The Kier molecular flexibility index (Phi) is 4.16. The first-order chi connectivity index (χ1) is 11.1. The zero-order chi connectivity index (χ0) is 16.3. The maximum atomic E-state index is 12.2. The molecule has 0 bridgehead atoms. The fraction of sp³-hybridized carbons (Fsp3) is 0.300. The summed E-state index contributed by atoms with van der Waals surface area (Å²) >= 11 is 0. The van der Waals surface area contributed by atoms with Crippen LogP contribution < -0.4 is 5.32 Å². The molecular formula is C20H20N2O. The molecule has 1 N–H and O–H groups in total. The molecule has 3 heteroatoms. The molecule has 0 spiro atoms. The largest absolute Gasteiger partial charge is 0.338 e. The second-order valence-corrected chi connectivity index (χ2v) is 6.38. The van der Waals surface area contributed by atoms with Gasteiger partial charge in [0.05, 0.1) is 12.5 Å². The molecule has 1 unspecified atom stereocenters. The Balaban J connectivity index is 1.64. The number of nitriles is 1. The second kappa shape index (κ2) is 6.26. The van der Waals surface area contributed by atoms with Crippen LogP contribution in [0.2, 0.25) is 0 Å². The predicted octanol–water partition coefficient (Wildman–Crippen LogP) is 3.70. The van der Waals surface area contributed by atoms with Gasteiger partial charge in [-0.1, -0.05) is 54.6 Å². The van der Waals surface area contributed by atoms with Crippen LogP contribution in [0.3, 0.4) is 0 Å². The standard InChI is InChI=1S/C20H20N2O/c1-20(14-21,18-11-12-18)22-19(23)13-15-7-9-17(10-8-15)16-5-3-2-4-6-16/h2-10,18H,11-13H2,1H3,(H,22,23). The van der Waals surface area contributed by atoms with Gasteiger partial charge >= 0.3 is 0 Å². The highest BCUT2D eigenvalue weighted by atomic mass is 16.1. The lowest BCUT2D eigenvalue weighted by atomic mass is 9.97. The maximum Gasteiger partial charge on any atom is 0.225 e. The number of carbonyl (C=O) groups is 1. The number of nitrogens with zero attached hydrogens (tertiary/aromatic N) is 1. The van der Waals surface area contributed by atoms with Gasteiger partial charge in [0.2, 0.25) is 5.91 Å². The molecule has 1 aliphatic carbocycles. The van der Waals surface area contributed by atoms with E-state index in [-0.39, 0.29) is 5.91 Å². The molecule has 0 heterocycles. The summed E-state index contributed by atoms with van der Waals surface area (Å²) in [6, 6.07) is 20.4. The number of hydrogen-bond acceptors (Lipinski definition) is 2. The average Bonchev–Trinajstić information content (AvgIpc) is 3.41. The van der Waals surface area contributed by atoms with E-state index in [1.165, 1.54) is 0 Å². The normalized spacial score (nSPS) is 16.2. The van der Waals surface area contributed by atoms with Crippen molar-refractivity contribution in [1.29, 1.82) is 5.26 Å². The van der Waals surface area contributed by atoms with Gasteiger partial charge in [-0.2, -0.15) is 5.26 Å². The molecule has 0 aromatic heterocycles. The van der Waals surface area contributed by atoms with Crippen LogP contribution in [0.5, 0.6) is 0 Å². The molecule has 2 aromatic rings. The Morgan fingerprint density at radius 2 is 1.74 bits per heavy atom. The third-order valence-corrected chi connectivity index (χ3v) is 4.45. The Labute approximate surface area is 137 Å². The molecule has 0 radical (unpaired) electrons. The van der Waals surface area contributed by atoms with Crippen molar-refractivity contribution in [3.8, 4) is 17.2 Å². The minimum Gasteiger partial charge on any atom is -0.338 e. The second-order valence-electron chi connectivity index (χ2n) is 6.38. The van der Waals surface area contributed by atoms with Crippen molar-refractivity contribution in [3.63, 3.8) is 0 Å². The van der Waals surface area contributed by atoms with Crippen molar-refractivity contribution in [3.05, 3.63) is 60.2 Å². The van der Waals surface area contributed by atoms with E-state index in [9.17, 15) is 10.1 Å². The summed E-state index contributed by atoms with van der Waals surface area (Å²) < 4.78 is 0. The highest BCUT2D eigenvalue weighted by Crippen LogP contribution is 2.39. The quantitative estimate of drug-likeness (QED) is 0.915. The van der Waals surface area contributed by atoms with Gasteiger partial charge in [-0.05, 0) is 42.4 Å². The Hall–Kier alpha value is -2.60. The molecule has 3 nitrogen and oxygen atoms in total. The molecule has 1 fully saturated rings. The lowest BCUT2D eigenvalue weighted by Crippen LogP contribution is -2.47. The Morgan fingerprint density at radius 3 is 2.30 bits per heavy atom. The van der Waals surface area contributed by atoms with E-state index in [1.54, 1.807) is 0 Å². The van der Waals surface area contributed by atoms with Gasteiger partial charge in [-0.25, -0.2) is 0 Å². The summed E-state index contributed by atoms with van der Waals surface area (Å²) in [6.45, 7) is 1.82. The van der Waals surface area contributed by atoms with Crippen LogP contribution in [-0.2, 0) is 11.2 Å². The van der Waals surface area contributed by atoms with Crippen LogP contribution in [0.25, 0.3) is 11.1 Å². The van der Waals surface area contributed by atoms with Crippen LogP contribution in [0.1, 0.15) is 25.3 Å². The zero-order valence-corrected chi connectivity index (χ0v) is 13.3. The van der Waals surface area contributed by atoms with Crippen molar-refractivity contribution in [2.75, 3.05) is 0 Å². The van der Waals surface area contributed by atoms with E-state index >= 15 is 0 Å². The van der Waals surface area contributed by atoms with Crippen LogP contribution >= 0.6 is 0 Å². The molecule has 1 saturated carbocycles. The number of benzene rings is 2. The van der Waals surface area contributed by atoms with Crippen LogP contribution in [0.15, 0.2) is 54.6 Å². The first-order valence-electron chi connectivity index (χ1n) is 7.97. The molecule has 0 saturated heterocycles. The van der Waals surface area contributed by atoms with Crippen molar-refractivity contribution >= 4 is 5.91 Å². The van der Waals surface area contributed by atoms with E-state index in [0.29, 0.717) is 12.3 Å². The molecule has 116 valence electrons. The summed E-state index contributed by atoms with van der Waals surface area (Å²) in [5, 5.41) is 12.2. The maximum absolute atomic E-state index is 12.2. The van der Waals surface area contributed by atoms with E-state index in [4.69, 9.17) is 0 Å². The van der Waals surface area contributed by atoms with Crippen molar-refractivity contribution in [2.24, 2.45) is 5.92 Å². The van der Waals surface area contributed by atoms with Gasteiger partial charge in [-0.3, -0.25) is 4.79 Å². The van der Waals surface area contributed by atoms with Crippen LogP contribution in [-0.4, -0.2) is 11.4 Å². The van der Waals surface area contributed by atoms with Crippen LogP contribution in [0, 0.1) is 17.2 Å². The lowest BCUT2D eigenvalue weighted by molar-refractivity contribution is -0.121. The first kappa shape index (κ1) is 15.3. The molecular weight excluding hydrogens is 284 g/mol. The Bertz CT molecular complexity index is 726. The summed E-state index contributed by atoms with van der Waals surface area (Å²) in [4.78, 5) is 12.2. The number of hydrogen-bond donors (Lipinski definition) is 1. The average molecular weight is 304 g/mol. The number of rotatable bonds is 5. The smallest absolute Gasteiger partial charge is 0.225 e. The predicted molar refractivity (Wildman–Crippen MR) is 90.5 cm³/mol.